The fourth-order valence-electron chi connectivity index (χ4n) is 1.94. The second-order valence-corrected chi connectivity index (χ2v) is 9.48. The van der Waals surface area contributed by atoms with Crippen LogP contribution >= 0.6 is 0 Å². The number of halogens is 4. The summed E-state index contributed by atoms with van der Waals surface area (Å²) in [4.78, 5) is -1.18. The maximum Gasteiger partial charge on any atom is 0.336 e. The largest absolute Gasteiger partial charge is 0.336 e. The molecule has 30 heavy (non-hydrogen) atoms. The molecule has 0 atom stereocenters. The van der Waals surface area contributed by atoms with Crippen molar-refractivity contribution in [3.63, 3.8) is 0 Å². The number of allylic oxidation sites excluding steroid dienone is 3. The third kappa shape index (κ3) is 5.69. The predicted molar refractivity (Wildman–Crippen MR) is 97.9 cm³/mol. The maximum atomic E-state index is 13.9. The molecule has 1 aliphatic carbocycles. The van der Waals surface area contributed by atoms with Gasteiger partial charge in [0.15, 0.2) is 0 Å². The number of aryl methyl sites for hydroxylation is 1. The summed E-state index contributed by atoms with van der Waals surface area (Å²) in [6.07, 6.45) is 2.26. The molecule has 0 aliphatic heterocycles. The summed E-state index contributed by atoms with van der Waals surface area (Å²) in [6, 6.07) is 4.85. The van der Waals surface area contributed by atoms with Gasteiger partial charge in [0.1, 0.15) is 18.1 Å². The molecule has 0 amide bonds. The lowest BCUT2D eigenvalue weighted by molar-refractivity contribution is -0.231. The molecule has 0 saturated carbocycles. The summed E-state index contributed by atoms with van der Waals surface area (Å²) in [7, 11) is -9.56. The monoisotopic (exact) mass is 468 g/mol. The van der Waals surface area contributed by atoms with Gasteiger partial charge in [-0.05, 0) is 49.4 Å². The molecule has 0 bridgehead atoms. The maximum absolute atomic E-state index is 13.9. The van der Waals surface area contributed by atoms with Gasteiger partial charge in [0, 0.05) is 0 Å². The predicted octanol–water partition coefficient (Wildman–Crippen LogP) is 3.47. The summed E-state index contributed by atoms with van der Waals surface area (Å²) in [6.45, 7) is -1.25. The van der Waals surface area contributed by atoms with Crippen LogP contribution in [0, 0.1) is 6.92 Å². The molecule has 0 radical (unpaired) electrons. The Morgan fingerprint density at radius 2 is 1.30 bits per heavy atom. The lowest BCUT2D eigenvalue weighted by Gasteiger charge is -2.25. The summed E-state index contributed by atoms with van der Waals surface area (Å²) in [5.74, 6) is -10.1. The Morgan fingerprint density at radius 1 is 0.800 bits per heavy atom. The van der Waals surface area contributed by atoms with E-state index < -0.39 is 55.1 Å². The number of benzene rings is 1. The molecule has 0 aromatic heterocycles. The van der Waals surface area contributed by atoms with Gasteiger partial charge < -0.3 is 0 Å². The van der Waals surface area contributed by atoms with Gasteiger partial charge in [-0.3, -0.25) is 8.37 Å². The Morgan fingerprint density at radius 3 is 1.77 bits per heavy atom. The van der Waals surface area contributed by atoms with Crippen molar-refractivity contribution in [2.24, 2.45) is 0 Å². The second-order valence-electron chi connectivity index (χ2n) is 6.29. The quantitative estimate of drug-likeness (QED) is 0.313. The highest BCUT2D eigenvalue weighted by Crippen LogP contribution is 2.36. The van der Waals surface area contributed by atoms with Crippen LogP contribution in [0.2, 0.25) is 0 Å². The Bertz CT molecular complexity index is 1150. The average molecular weight is 468 g/mol. The fraction of sp³-hybridized carbons (Fsp3) is 0.333. The number of hydrogen-bond donors (Lipinski definition) is 0. The van der Waals surface area contributed by atoms with Crippen molar-refractivity contribution >= 4 is 20.2 Å². The Balaban J connectivity index is 2.09. The van der Waals surface area contributed by atoms with Crippen molar-refractivity contribution in [1.29, 1.82) is 0 Å². The van der Waals surface area contributed by atoms with Crippen LogP contribution in [0.15, 0.2) is 63.3 Å². The van der Waals surface area contributed by atoms with Gasteiger partial charge in [-0.2, -0.15) is 34.4 Å². The van der Waals surface area contributed by atoms with E-state index in [9.17, 15) is 34.4 Å². The molecule has 2 rings (SSSR count). The SMILES string of the molecule is CC1=C=C=C(S(=O)(=O)OCC(F)(F)C(F)(F)COS(=O)(=O)c2ccc(C)cc2)C=C1. The van der Waals surface area contributed by atoms with Crippen LogP contribution in [0.25, 0.3) is 0 Å². The van der Waals surface area contributed by atoms with E-state index in [1.165, 1.54) is 18.2 Å². The molecular weight excluding hydrogens is 452 g/mol. The van der Waals surface area contributed by atoms with E-state index >= 15 is 0 Å². The van der Waals surface area contributed by atoms with E-state index in [-0.39, 0.29) is 0 Å². The standard InChI is InChI=1S/C18H16F4O6S2/c1-13-3-7-15(8-4-13)29(23,24)27-11-17(19,20)18(21,22)12-28-30(25,26)16-9-5-14(2)6-10-16/h3-5,7-9H,11-12H2,1-2H3. The van der Waals surface area contributed by atoms with E-state index in [4.69, 9.17) is 0 Å². The van der Waals surface area contributed by atoms with Gasteiger partial charge in [-0.15, -0.1) is 0 Å². The van der Waals surface area contributed by atoms with Gasteiger partial charge in [0.2, 0.25) is 0 Å². The van der Waals surface area contributed by atoms with Gasteiger partial charge >= 0.3 is 22.0 Å². The van der Waals surface area contributed by atoms with Crippen LogP contribution in [0.5, 0.6) is 0 Å². The summed E-state index contributed by atoms with van der Waals surface area (Å²) >= 11 is 0. The van der Waals surface area contributed by atoms with Crippen LogP contribution in [0.3, 0.4) is 0 Å². The molecule has 1 aromatic rings. The molecule has 6 nitrogen and oxygen atoms in total. The van der Waals surface area contributed by atoms with Gasteiger partial charge in [-0.25, -0.2) is 0 Å². The van der Waals surface area contributed by atoms with E-state index in [0.29, 0.717) is 11.1 Å². The minimum Gasteiger partial charge on any atom is -0.260 e. The summed E-state index contributed by atoms with van der Waals surface area (Å²) < 4.78 is 111. The fourth-order valence-corrected chi connectivity index (χ4v) is 3.69. The van der Waals surface area contributed by atoms with Crippen molar-refractivity contribution in [1.82, 2.24) is 0 Å². The van der Waals surface area contributed by atoms with Crippen LogP contribution in [0.4, 0.5) is 17.6 Å². The number of hydrogen-bond acceptors (Lipinski definition) is 6. The normalized spacial score (nSPS) is 15.1. The first kappa shape index (κ1) is 24.1. The summed E-state index contributed by atoms with van der Waals surface area (Å²) in [5.41, 5.74) is 5.70. The third-order valence-electron chi connectivity index (χ3n) is 3.77. The van der Waals surface area contributed by atoms with Crippen molar-refractivity contribution in [3.8, 4) is 0 Å². The second kappa shape index (κ2) is 8.50. The molecule has 1 aliphatic rings. The lowest BCUT2D eigenvalue weighted by Crippen LogP contribution is -2.48. The Labute approximate surface area is 171 Å². The first-order valence-corrected chi connectivity index (χ1v) is 11.0. The molecule has 164 valence electrons. The van der Waals surface area contributed by atoms with E-state index in [0.717, 1.165) is 18.2 Å². The van der Waals surface area contributed by atoms with E-state index in [1.807, 2.05) is 0 Å². The van der Waals surface area contributed by atoms with Crippen LogP contribution in [-0.4, -0.2) is 41.9 Å². The van der Waals surface area contributed by atoms with Gasteiger partial charge in [0.05, 0.1) is 4.90 Å². The highest BCUT2D eigenvalue weighted by molar-refractivity contribution is 7.90. The van der Waals surface area contributed by atoms with Crippen LogP contribution in [-0.2, 0) is 28.6 Å². The minimum atomic E-state index is -5.06. The Hall–Kier alpha value is -2.20. The highest BCUT2D eigenvalue weighted by atomic mass is 32.2. The third-order valence-corrected chi connectivity index (χ3v) is 6.26. The van der Waals surface area contributed by atoms with E-state index in [1.54, 1.807) is 13.8 Å². The molecular formula is C18H16F4O6S2. The van der Waals surface area contributed by atoms with Crippen LogP contribution < -0.4 is 0 Å². The smallest absolute Gasteiger partial charge is 0.260 e. The first-order chi connectivity index (χ1) is 13.7. The lowest BCUT2D eigenvalue weighted by atomic mass is 10.2. The zero-order chi connectivity index (χ0) is 22.8. The molecule has 0 unspecified atom stereocenters. The molecule has 1 aromatic carbocycles. The Kier molecular flexibility index (Phi) is 6.82. The summed E-state index contributed by atoms with van der Waals surface area (Å²) in [5, 5.41) is 0. The van der Waals surface area contributed by atoms with Gasteiger partial charge in [-0.1, -0.05) is 23.4 Å². The molecule has 0 fully saturated rings. The van der Waals surface area contributed by atoms with Crippen molar-refractivity contribution in [2.75, 3.05) is 13.2 Å². The van der Waals surface area contributed by atoms with Crippen molar-refractivity contribution in [2.45, 2.75) is 30.6 Å². The van der Waals surface area contributed by atoms with Crippen LogP contribution in [0.1, 0.15) is 12.5 Å². The van der Waals surface area contributed by atoms with Crippen molar-refractivity contribution in [3.05, 3.63) is 63.9 Å². The average Bonchev–Trinajstić information content (AvgIpc) is 2.66. The zero-order valence-electron chi connectivity index (χ0n) is 15.7. The molecule has 0 spiro atoms. The van der Waals surface area contributed by atoms with Crippen molar-refractivity contribution < 1.29 is 42.8 Å². The number of alkyl halides is 4. The topological polar surface area (TPSA) is 86.7 Å². The molecule has 0 saturated heterocycles. The number of rotatable bonds is 9. The molecule has 0 heterocycles. The first-order valence-electron chi connectivity index (χ1n) is 8.18. The van der Waals surface area contributed by atoms with Gasteiger partial charge in [0.25, 0.3) is 10.1 Å². The molecule has 12 heteroatoms. The highest BCUT2D eigenvalue weighted by Gasteiger charge is 2.58. The molecule has 0 N–H and O–H groups in total. The minimum absolute atomic E-state index is 0.498. The zero-order valence-corrected chi connectivity index (χ0v) is 17.3. The van der Waals surface area contributed by atoms with E-state index in [2.05, 4.69) is 19.8 Å².